The van der Waals surface area contributed by atoms with Crippen LogP contribution in [0.4, 0.5) is 4.79 Å². The van der Waals surface area contributed by atoms with Crippen molar-refractivity contribution in [3.63, 3.8) is 0 Å². The molecule has 0 spiro atoms. The van der Waals surface area contributed by atoms with Crippen molar-refractivity contribution in [2.45, 2.75) is 71.9 Å². The lowest BCUT2D eigenvalue weighted by Crippen LogP contribution is -2.45. The fraction of sp³-hybridized carbons (Fsp3) is 0.609. The van der Waals surface area contributed by atoms with Crippen LogP contribution in [-0.4, -0.2) is 39.2 Å². The summed E-state index contributed by atoms with van der Waals surface area (Å²) in [6.45, 7) is 10.1. The largest absolute Gasteiger partial charge is 0.444 e. The van der Waals surface area contributed by atoms with Gasteiger partial charge >= 0.3 is 6.09 Å². The number of pyridine rings is 2. The van der Waals surface area contributed by atoms with Crippen molar-refractivity contribution in [2.75, 3.05) is 13.1 Å². The Kier molecular flexibility index (Phi) is 6.30. The number of nitrogens with zero attached hydrogens (tertiary/aromatic N) is 3. The number of aromatic nitrogens is 2. The van der Waals surface area contributed by atoms with Crippen LogP contribution in [-0.2, 0) is 11.3 Å². The average molecular weight is 400 g/mol. The highest BCUT2D eigenvalue weighted by Crippen LogP contribution is 2.39. The van der Waals surface area contributed by atoms with Crippen LogP contribution >= 0.6 is 0 Å². The molecule has 3 heterocycles. The lowest BCUT2D eigenvalue weighted by Gasteiger charge is -2.42. The molecule has 1 aliphatic rings. The zero-order chi connectivity index (χ0) is 21.1. The van der Waals surface area contributed by atoms with Gasteiger partial charge in [-0.15, -0.1) is 0 Å². The lowest BCUT2D eigenvalue weighted by molar-refractivity contribution is 0.00788. The number of ether oxygens (including phenoxy) is 1. The minimum Gasteiger partial charge on any atom is -0.444 e. The van der Waals surface area contributed by atoms with Crippen LogP contribution in [0.5, 0.6) is 0 Å². The van der Waals surface area contributed by atoms with Gasteiger partial charge in [0.15, 0.2) is 0 Å². The molecule has 1 aliphatic heterocycles. The molecule has 0 radical (unpaired) electrons. The van der Waals surface area contributed by atoms with Crippen LogP contribution < -0.4 is 5.56 Å². The first-order chi connectivity index (χ1) is 13.7. The van der Waals surface area contributed by atoms with E-state index < -0.39 is 5.60 Å². The summed E-state index contributed by atoms with van der Waals surface area (Å²) in [6, 6.07) is 5.43. The molecule has 3 rings (SSSR count). The summed E-state index contributed by atoms with van der Waals surface area (Å²) >= 11 is 0. The van der Waals surface area contributed by atoms with Crippen molar-refractivity contribution in [3.8, 4) is 0 Å². The van der Waals surface area contributed by atoms with E-state index in [0.29, 0.717) is 6.54 Å². The van der Waals surface area contributed by atoms with Gasteiger partial charge in [0.2, 0.25) is 0 Å². The van der Waals surface area contributed by atoms with Gasteiger partial charge in [-0.2, -0.15) is 0 Å². The molecule has 0 N–H and O–H groups in total. The number of amides is 1. The number of fused-ring (bicyclic) bond motifs is 1. The highest BCUT2D eigenvalue weighted by molar-refractivity contribution is 5.77. The van der Waals surface area contributed by atoms with E-state index in [-0.39, 0.29) is 17.1 Å². The third kappa shape index (κ3) is 5.17. The second-order valence-electron chi connectivity index (χ2n) is 9.18. The second-order valence-corrected chi connectivity index (χ2v) is 9.18. The lowest BCUT2D eigenvalue weighted by atomic mass is 9.73. The first-order valence-corrected chi connectivity index (χ1v) is 10.6. The zero-order valence-electron chi connectivity index (χ0n) is 18.1. The molecule has 0 unspecified atom stereocenters. The Morgan fingerprint density at radius 2 is 1.93 bits per heavy atom. The molecule has 0 saturated carbocycles. The molecule has 1 amide bonds. The van der Waals surface area contributed by atoms with Gasteiger partial charge in [-0.25, -0.2) is 4.79 Å². The van der Waals surface area contributed by atoms with Gasteiger partial charge in [-0.05, 0) is 64.0 Å². The molecule has 158 valence electrons. The van der Waals surface area contributed by atoms with E-state index in [1.807, 2.05) is 42.4 Å². The highest BCUT2D eigenvalue weighted by Gasteiger charge is 2.35. The van der Waals surface area contributed by atoms with Crippen LogP contribution in [0.25, 0.3) is 10.9 Å². The van der Waals surface area contributed by atoms with Gasteiger partial charge in [-0.1, -0.05) is 13.3 Å². The smallest absolute Gasteiger partial charge is 0.410 e. The second kappa shape index (κ2) is 8.56. The van der Waals surface area contributed by atoms with E-state index in [2.05, 4.69) is 11.9 Å². The molecule has 29 heavy (non-hydrogen) atoms. The zero-order valence-corrected chi connectivity index (χ0v) is 18.1. The number of likely N-dealkylation sites (tertiary alicyclic amines) is 1. The SMILES string of the molecule is CCC1(CCCn2c(=O)ccc3ccncc32)CCN(C(=O)OC(C)(C)C)CC1. The summed E-state index contributed by atoms with van der Waals surface area (Å²) in [6.07, 6.45) is 8.35. The van der Waals surface area contributed by atoms with Gasteiger partial charge in [0.1, 0.15) is 5.60 Å². The fourth-order valence-corrected chi connectivity index (χ4v) is 4.25. The van der Waals surface area contributed by atoms with Crippen molar-refractivity contribution < 1.29 is 9.53 Å². The summed E-state index contributed by atoms with van der Waals surface area (Å²) in [5, 5.41) is 1.04. The molecule has 0 bridgehead atoms. The van der Waals surface area contributed by atoms with Crippen molar-refractivity contribution in [1.82, 2.24) is 14.5 Å². The molecule has 0 aromatic carbocycles. The van der Waals surface area contributed by atoms with Gasteiger partial charge < -0.3 is 14.2 Å². The van der Waals surface area contributed by atoms with Crippen LogP contribution in [0.2, 0.25) is 0 Å². The standard InChI is InChI=1S/C23H33N3O3/c1-5-23(11-15-25(16-12-23)21(28)29-22(2,3)4)10-6-14-26-19-17-24-13-9-18(19)7-8-20(26)27/h7-9,13,17H,5-6,10-12,14-16H2,1-4H3. The maximum absolute atomic E-state index is 12.4. The number of carbonyl (C=O) groups excluding carboxylic acids is 1. The van der Waals surface area contributed by atoms with Crippen LogP contribution in [0, 0.1) is 5.41 Å². The van der Waals surface area contributed by atoms with Crippen LogP contribution in [0.15, 0.2) is 35.4 Å². The monoisotopic (exact) mass is 399 g/mol. The fourth-order valence-electron chi connectivity index (χ4n) is 4.25. The van der Waals surface area contributed by atoms with Gasteiger partial charge in [-0.3, -0.25) is 9.78 Å². The van der Waals surface area contributed by atoms with Crippen molar-refractivity contribution in [2.24, 2.45) is 5.41 Å². The number of hydrogen-bond donors (Lipinski definition) is 0. The maximum atomic E-state index is 12.4. The topological polar surface area (TPSA) is 64.4 Å². The molecule has 1 fully saturated rings. The molecular formula is C23H33N3O3. The van der Waals surface area contributed by atoms with E-state index in [9.17, 15) is 9.59 Å². The van der Waals surface area contributed by atoms with E-state index in [1.54, 1.807) is 18.5 Å². The van der Waals surface area contributed by atoms with E-state index in [1.165, 1.54) is 0 Å². The number of rotatable bonds is 5. The quantitative estimate of drug-likeness (QED) is 0.737. The van der Waals surface area contributed by atoms with Crippen molar-refractivity contribution >= 4 is 17.0 Å². The predicted octanol–water partition coefficient (Wildman–Crippen LogP) is 4.60. The Morgan fingerprint density at radius 3 is 2.59 bits per heavy atom. The number of hydrogen-bond acceptors (Lipinski definition) is 4. The van der Waals surface area contributed by atoms with Crippen molar-refractivity contribution in [3.05, 3.63) is 40.9 Å². The van der Waals surface area contributed by atoms with Gasteiger partial charge in [0, 0.05) is 37.3 Å². The Labute approximate surface area is 172 Å². The summed E-state index contributed by atoms with van der Waals surface area (Å²) in [7, 11) is 0. The first-order valence-electron chi connectivity index (χ1n) is 10.6. The van der Waals surface area contributed by atoms with Crippen LogP contribution in [0.3, 0.4) is 0 Å². The average Bonchev–Trinajstić information content (AvgIpc) is 2.69. The molecule has 6 nitrogen and oxygen atoms in total. The molecule has 6 heteroatoms. The molecule has 1 saturated heterocycles. The molecule has 2 aromatic rings. The normalized spacial score (nSPS) is 16.8. The molecule has 0 aliphatic carbocycles. The maximum Gasteiger partial charge on any atom is 0.410 e. The number of piperidine rings is 1. The molecular weight excluding hydrogens is 366 g/mol. The third-order valence-corrected chi connectivity index (χ3v) is 6.11. The predicted molar refractivity (Wildman–Crippen MR) is 115 cm³/mol. The van der Waals surface area contributed by atoms with E-state index in [0.717, 1.165) is 56.1 Å². The molecule has 2 aromatic heterocycles. The molecule has 0 atom stereocenters. The number of carbonyl (C=O) groups is 1. The Morgan fingerprint density at radius 1 is 1.21 bits per heavy atom. The minimum atomic E-state index is -0.461. The summed E-state index contributed by atoms with van der Waals surface area (Å²) in [5.74, 6) is 0. The Balaban J connectivity index is 1.60. The third-order valence-electron chi connectivity index (χ3n) is 6.11. The Hall–Kier alpha value is -2.37. The summed E-state index contributed by atoms with van der Waals surface area (Å²) < 4.78 is 7.35. The van der Waals surface area contributed by atoms with Gasteiger partial charge in [0.05, 0.1) is 11.7 Å². The number of aryl methyl sites for hydroxylation is 1. The highest BCUT2D eigenvalue weighted by atomic mass is 16.6. The van der Waals surface area contributed by atoms with E-state index >= 15 is 0 Å². The Bertz CT molecular complexity index is 905. The van der Waals surface area contributed by atoms with E-state index in [4.69, 9.17) is 4.74 Å². The van der Waals surface area contributed by atoms with Gasteiger partial charge in [0.25, 0.3) is 5.56 Å². The summed E-state index contributed by atoms with van der Waals surface area (Å²) in [5.41, 5.74) is 0.683. The summed E-state index contributed by atoms with van der Waals surface area (Å²) in [4.78, 5) is 30.7. The van der Waals surface area contributed by atoms with Crippen molar-refractivity contribution in [1.29, 1.82) is 0 Å². The minimum absolute atomic E-state index is 0.0239. The first kappa shape index (κ1) is 21.3. The van der Waals surface area contributed by atoms with Crippen LogP contribution in [0.1, 0.15) is 59.8 Å².